The normalized spacial score (nSPS) is 12.3. The Kier molecular flexibility index (Phi) is 2.99. The van der Waals surface area contributed by atoms with Gasteiger partial charge in [-0.3, -0.25) is 0 Å². The summed E-state index contributed by atoms with van der Waals surface area (Å²) in [4.78, 5) is 4.51. The molecule has 0 spiro atoms. The first-order chi connectivity index (χ1) is 9.37. The minimum atomic E-state index is -3.11. The number of aryl methyl sites for hydroxylation is 1. The van der Waals surface area contributed by atoms with E-state index in [1.54, 1.807) is 0 Å². The molecule has 0 radical (unpaired) electrons. The number of imidazole rings is 1. The van der Waals surface area contributed by atoms with E-state index in [-0.39, 0.29) is 5.75 Å². The van der Waals surface area contributed by atoms with Crippen molar-refractivity contribution in [2.24, 2.45) is 0 Å². The molecule has 0 atom stereocenters. The lowest BCUT2D eigenvalue weighted by molar-refractivity contribution is 0.600. The maximum absolute atomic E-state index is 11.6. The van der Waals surface area contributed by atoms with E-state index < -0.39 is 9.84 Å². The Morgan fingerprint density at radius 3 is 2.70 bits per heavy atom. The van der Waals surface area contributed by atoms with Gasteiger partial charge in [0.15, 0.2) is 9.84 Å². The Bertz CT molecular complexity index is 929. The van der Waals surface area contributed by atoms with Crippen LogP contribution in [0, 0.1) is 6.92 Å². The van der Waals surface area contributed by atoms with Crippen LogP contribution in [-0.4, -0.2) is 24.1 Å². The molecule has 0 unspecified atom stereocenters. The van der Waals surface area contributed by atoms with Crippen LogP contribution >= 0.6 is 11.6 Å². The number of hydrogen-bond acceptors (Lipinski definition) is 3. The summed E-state index contributed by atoms with van der Waals surface area (Å²) in [6.07, 6.45) is 3.05. The highest BCUT2D eigenvalue weighted by atomic mass is 35.5. The van der Waals surface area contributed by atoms with Crippen molar-refractivity contribution in [3.05, 3.63) is 46.9 Å². The molecule has 2 aromatic heterocycles. The highest BCUT2D eigenvalue weighted by molar-refractivity contribution is 7.89. The van der Waals surface area contributed by atoms with Gasteiger partial charge in [0.05, 0.1) is 17.1 Å². The van der Waals surface area contributed by atoms with Gasteiger partial charge in [-0.1, -0.05) is 23.7 Å². The molecule has 3 aromatic rings. The van der Waals surface area contributed by atoms with Gasteiger partial charge < -0.3 is 4.40 Å². The third kappa shape index (κ3) is 2.17. The number of benzene rings is 1. The second-order valence-electron chi connectivity index (χ2n) is 4.92. The van der Waals surface area contributed by atoms with Crippen LogP contribution in [0.15, 0.2) is 30.5 Å². The standard InChI is InChI=1S/C14H13ClN2O2S/c1-9-13(8-20(2,18)19)17-7-6-10-11(14(17)16-9)4-3-5-12(10)15/h3-7H,8H2,1-2H3. The third-order valence-electron chi connectivity index (χ3n) is 3.29. The molecule has 0 bridgehead atoms. The Balaban J connectivity index is 2.38. The van der Waals surface area contributed by atoms with Gasteiger partial charge >= 0.3 is 0 Å². The number of hydrogen-bond donors (Lipinski definition) is 0. The molecule has 0 saturated carbocycles. The topological polar surface area (TPSA) is 51.4 Å². The molecule has 1 aromatic carbocycles. The van der Waals surface area contributed by atoms with Gasteiger partial charge in [-0.2, -0.15) is 0 Å². The average Bonchev–Trinajstić information content (AvgIpc) is 2.65. The Morgan fingerprint density at radius 2 is 2.00 bits per heavy atom. The fourth-order valence-corrected chi connectivity index (χ4v) is 3.48. The predicted octanol–water partition coefficient (Wildman–Crippen LogP) is 2.99. The molecule has 0 saturated heterocycles. The van der Waals surface area contributed by atoms with Crippen molar-refractivity contribution in [2.75, 3.05) is 6.26 Å². The first-order valence-corrected chi connectivity index (χ1v) is 8.53. The summed E-state index contributed by atoms with van der Waals surface area (Å²) in [6, 6.07) is 7.52. The van der Waals surface area contributed by atoms with Crippen molar-refractivity contribution in [3.8, 4) is 0 Å². The molecule has 2 heterocycles. The van der Waals surface area contributed by atoms with E-state index in [0.717, 1.165) is 22.1 Å². The molecular formula is C14H13ClN2O2S. The molecule has 0 amide bonds. The molecule has 0 N–H and O–H groups in total. The second-order valence-corrected chi connectivity index (χ2v) is 7.47. The predicted molar refractivity (Wildman–Crippen MR) is 81.0 cm³/mol. The monoisotopic (exact) mass is 308 g/mol. The van der Waals surface area contributed by atoms with Crippen LogP contribution in [0.3, 0.4) is 0 Å². The first-order valence-electron chi connectivity index (χ1n) is 6.09. The molecule has 0 fully saturated rings. The first kappa shape index (κ1) is 13.4. The molecule has 0 aliphatic carbocycles. The molecule has 0 aliphatic heterocycles. The SMILES string of the molecule is Cc1nc2c3cccc(Cl)c3ccn2c1CS(C)(=O)=O. The van der Waals surface area contributed by atoms with E-state index in [0.29, 0.717) is 10.7 Å². The zero-order valence-electron chi connectivity index (χ0n) is 11.1. The van der Waals surface area contributed by atoms with E-state index in [9.17, 15) is 8.42 Å². The van der Waals surface area contributed by atoms with E-state index in [1.807, 2.05) is 41.8 Å². The number of rotatable bonds is 2. The van der Waals surface area contributed by atoms with Crippen molar-refractivity contribution < 1.29 is 8.42 Å². The van der Waals surface area contributed by atoms with Crippen LogP contribution in [-0.2, 0) is 15.6 Å². The van der Waals surface area contributed by atoms with E-state index >= 15 is 0 Å². The highest BCUT2D eigenvalue weighted by Gasteiger charge is 2.16. The number of sulfone groups is 1. The molecule has 104 valence electrons. The van der Waals surface area contributed by atoms with Crippen molar-refractivity contribution >= 4 is 37.9 Å². The Morgan fingerprint density at radius 1 is 1.25 bits per heavy atom. The fourth-order valence-electron chi connectivity index (χ4n) is 2.40. The van der Waals surface area contributed by atoms with Crippen LogP contribution in [0.1, 0.15) is 11.4 Å². The quantitative estimate of drug-likeness (QED) is 0.731. The summed E-state index contributed by atoms with van der Waals surface area (Å²) in [5, 5.41) is 2.50. The number of pyridine rings is 1. The van der Waals surface area contributed by atoms with Gasteiger partial charge in [0.1, 0.15) is 5.65 Å². The minimum Gasteiger partial charge on any atom is -0.302 e. The summed E-state index contributed by atoms with van der Waals surface area (Å²) in [7, 11) is -3.11. The molecule has 0 aliphatic rings. The van der Waals surface area contributed by atoms with Gasteiger partial charge in [0, 0.05) is 28.2 Å². The van der Waals surface area contributed by atoms with Crippen molar-refractivity contribution in [1.82, 2.24) is 9.38 Å². The van der Waals surface area contributed by atoms with Gasteiger partial charge in [0.25, 0.3) is 0 Å². The van der Waals surface area contributed by atoms with E-state index in [1.165, 1.54) is 6.26 Å². The lowest BCUT2D eigenvalue weighted by Crippen LogP contribution is -2.05. The lowest BCUT2D eigenvalue weighted by atomic mass is 10.2. The largest absolute Gasteiger partial charge is 0.302 e. The maximum Gasteiger partial charge on any atom is 0.153 e. The summed E-state index contributed by atoms with van der Waals surface area (Å²) >= 11 is 6.18. The Hall–Kier alpha value is -1.59. The van der Waals surface area contributed by atoms with E-state index in [2.05, 4.69) is 4.98 Å². The number of halogens is 1. The third-order valence-corrected chi connectivity index (χ3v) is 4.42. The highest BCUT2D eigenvalue weighted by Crippen LogP contribution is 2.28. The van der Waals surface area contributed by atoms with Crippen molar-refractivity contribution in [1.29, 1.82) is 0 Å². The van der Waals surface area contributed by atoms with Gasteiger partial charge in [0.2, 0.25) is 0 Å². The molecule has 6 heteroatoms. The summed E-state index contributed by atoms with van der Waals surface area (Å²) < 4.78 is 24.9. The van der Waals surface area contributed by atoms with Gasteiger partial charge in [-0.15, -0.1) is 0 Å². The number of aromatic nitrogens is 2. The molecule has 4 nitrogen and oxygen atoms in total. The van der Waals surface area contributed by atoms with Gasteiger partial charge in [-0.25, -0.2) is 13.4 Å². The molecular weight excluding hydrogens is 296 g/mol. The Labute approximate surface area is 121 Å². The second kappa shape index (κ2) is 4.46. The lowest BCUT2D eigenvalue weighted by Gasteiger charge is -2.05. The summed E-state index contributed by atoms with van der Waals surface area (Å²) in [6.45, 7) is 1.82. The van der Waals surface area contributed by atoms with E-state index in [4.69, 9.17) is 11.6 Å². The van der Waals surface area contributed by atoms with Crippen LogP contribution in [0.5, 0.6) is 0 Å². The van der Waals surface area contributed by atoms with Crippen LogP contribution in [0.2, 0.25) is 5.02 Å². The zero-order chi connectivity index (χ0) is 14.5. The zero-order valence-corrected chi connectivity index (χ0v) is 12.7. The van der Waals surface area contributed by atoms with Crippen molar-refractivity contribution in [2.45, 2.75) is 12.7 Å². The average molecular weight is 309 g/mol. The number of nitrogens with zero attached hydrogens (tertiary/aromatic N) is 2. The van der Waals surface area contributed by atoms with Crippen LogP contribution in [0.4, 0.5) is 0 Å². The smallest absolute Gasteiger partial charge is 0.153 e. The fraction of sp³-hybridized carbons (Fsp3) is 0.214. The van der Waals surface area contributed by atoms with Crippen LogP contribution in [0.25, 0.3) is 16.4 Å². The maximum atomic E-state index is 11.6. The van der Waals surface area contributed by atoms with Gasteiger partial charge in [-0.05, 0) is 19.1 Å². The minimum absolute atomic E-state index is 0.0218. The summed E-state index contributed by atoms with van der Waals surface area (Å²) in [5.74, 6) is -0.0218. The summed E-state index contributed by atoms with van der Waals surface area (Å²) in [5.41, 5.74) is 2.16. The molecule has 20 heavy (non-hydrogen) atoms. The number of fused-ring (bicyclic) bond motifs is 3. The van der Waals surface area contributed by atoms with Crippen LogP contribution < -0.4 is 0 Å². The molecule has 3 rings (SSSR count). The van der Waals surface area contributed by atoms with Crippen molar-refractivity contribution in [3.63, 3.8) is 0 Å².